The largest absolute Gasteiger partial charge is 0.460 e. The van der Waals surface area contributed by atoms with Crippen LogP contribution in [0.4, 0.5) is 6.01 Å². The van der Waals surface area contributed by atoms with Crippen LogP contribution in [0, 0.1) is 5.92 Å². The number of rotatable bonds is 4. The molecule has 0 aliphatic heterocycles. The molecule has 1 rings (SSSR count). The van der Waals surface area contributed by atoms with Crippen molar-refractivity contribution in [3.8, 4) is 0 Å². The molecule has 0 bridgehead atoms. The number of hydrogen-bond acceptors (Lipinski definition) is 5. The molecular weight excluding hydrogens is 196 g/mol. The minimum Gasteiger partial charge on any atom is -0.460 e. The van der Waals surface area contributed by atoms with Gasteiger partial charge in [-0.05, 0) is 19.3 Å². The monoisotopic (exact) mass is 212 g/mol. The molecule has 1 heterocycles. The summed E-state index contributed by atoms with van der Waals surface area (Å²) in [6, 6.07) is 0.00806. The van der Waals surface area contributed by atoms with E-state index in [9.17, 15) is 4.79 Å². The highest BCUT2D eigenvalue weighted by molar-refractivity contribution is 5.87. The van der Waals surface area contributed by atoms with E-state index in [2.05, 4.69) is 4.98 Å². The second kappa shape index (κ2) is 4.82. The van der Waals surface area contributed by atoms with Gasteiger partial charge in [0.15, 0.2) is 0 Å². The smallest absolute Gasteiger partial charge is 0.376 e. The lowest BCUT2D eigenvalue weighted by Gasteiger charge is -2.02. The van der Waals surface area contributed by atoms with Crippen molar-refractivity contribution in [1.29, 1.82) is 0 Å². The van der Waals surface area contributed by atoms with E-state index in [-0.39, 0.29) is 11.8 Å². The Bertz CT molecular complexity index is 344. The summed E-state index contributed by atoms with van der Waals surface area (Å²) >= 11 is 0. The number of esters is 1. The summed E-state index contributed by atoms with van der Waals surface area (Å²) in [6.07, 6.45) is 0.648. The number of nitrogens with zero attached hydrogens (tertiary/aromatic N) is 1. The number of hydrogen-bond donors (Lipinski definition) is 1. The van der Waals surface area contributed by atoms with Crippen LogP contribution in [0.25, 0.3) is 0 Å². The molecule has 5 nitrogen and oxygen atoms in total. The maximum absolute atomic E-state index is 11.4. The fraction of sp³-hybridized carbons (Fsp3) is 0.600. The van der Waals surface area contributed by atoms with Gasteiger partial charge in [-0.2, -0.15) is 4.98 Å². The van der Waals surface area contributed by atoms with Gasteiger partial charge in [-0.15, -0.1) is 0 Å². The van der Waals surface area contributed by atoms with Crippen LogP contribution in [0.5, 0.6) is 0 Å². The van der Waals surface area contributed by atoms with Gasteiger partial charge in [0.25, 0.3) is 6.01 Å². The van der Waals surface area contributed by atoms with Crippen LogP contribution in [0.2, 0.25) is 0 Å². The molecule has 1 aromatic heterocycles. The molecule has 0 unspecified atom stereocenters. The molecular formula is C10H16N2O3. The number of aromatic nitrogens is 1. The second-order valence-electron chi connectivity index (χ2n) is 3.65. The number of ether oxygens (including phenoxy) is 1. The van der Waals surface area contributed by atoms with E-state index in [0.29, 0.717) is 24.6 Å². The molecule has 84 valence electrons. The van der Waals surface area contributed by atoms with Gasteiger partial charge in [0.05, 0.1) is 12.3 Å². The second-order valence-corrected chi connectivity index (χ2v) is 3.65. The fourth-order valence-corrected chi connectivity index (χ4v) is 1.25. The van der Waals surface area contributed by atoms with E-state index in [4.69, 9.17) is 14.9 Å². The molecule has 0 saturated carbocycles. The van der Waals surface area contributed by atoms with Gasteiger partial charge in [0.2, 0.25) is 5.76 Å². The van der Waals surface area contributed by atoms with Gasteiger partial charge in [-0.3, -0.25) is 0 Å². The molecule has 0 atom stereocenters. The van der Waals surface area contributed by atoms with Crippen LogP contribution in [0.1, 0.15) is 37.0 Å². The van der Waals surface area contributed by atoms with E-state index in [1.165, 1.54) is 0 Å². The molecule has 0 fully saturated rings. The van der Waals surface area contributed by atoms with Gasteiger partial charge >= 0.3 is 5.97 Å². The van der Waals surface area contributed by atoms with E-state index >= 15 is 0 Å². The first kappa shape index (κ1) is 11.6. The van der Waals surface area contributed by atoms with Gasteiger partial charge in [0.1, 0.15) is 0 Å². The maximum atomic E-state index is 11.4. The van der Waals surface area contributed by atoms with Crippen molar-refractivity contribution in [1.82, 2.24) is 4.98 Å². The van der Waals surface area contributed by atoms with Crippen molar-refractivity contribution in [2.75, 3.05) is 12.3 Å². The van der Waals surface area contributed by atoms with Crippen LogP contribution in [-0.4, -0.2) is 17.6 Å². The van der Waals surface area contributed by atoms with Gasteiger partial charge in [-0.25, -0.2) is 4.79 Å². The minimum atomic E-state index is -0.502. The zero-order valence-electron chi connectivity index (χ0n) is 9.24. The van der Waals surface area contributed by atoms with Crippen molar-refractivity contribution < 1.29 is 13.9 Å². The Balaban J connectivity index is 2.90. The summed E-state index contributed by atoms with van der Waals surface area (Å²) in [6.45, 7) is 6.10. The summed E-state index contributed by atoms with van der Waals surface area (Å²) < 4.78 is 9.86. The van der Waals surface area contributed by atoms with Gasteiger partial charge in [0, 0.05) is 0 Å². The predicted octanol–water partition coefficient (Wildman–Crippen LogP) is 1.63. The molecule has 0 radical (unpaired) electrons. The molecule has 0 spiro atoms. The number of oxazole rings is 1. The molecule has 1 aromatic rings. The van der Waals surface area contributed by atoms with E-state index in [1.807, 2.05) is 13.8 Å². The number of carbonyl (C=O) groups excluding carboxylic acids is 1. The lowest BCUT2D eigenvalue weighted by atomic mass is 10.1. The zero-order chi connectivity index (χ0) is 11.4. The molecule has 0 amide bonds. The van der Waals surface area contributed by atoms with Crippen LogP contribution >= 0.6 is 0 Å². The highest BCUT2D eigenvalue weighted by Crippen LogP contribution is 2.17. The van der Waals surface area contributed by atoms with Gasteiger partial charge in [-0.1, -0.05) is 13.8 Å². The minimum absolute atomic E-state index is 0.00806. The maximum Gasteiger partial charge on any atom is 0.376 e. The zero-order valence-corrected chi connectivity index (χ0v) is 9.24. The first-order valence-corrected chi connectivity index (χ1v) is 4.96. The first-order chi connectivity index (χ1) is 7.04. The highest BCUT2D eigenvalue weighted by Gasteiger charge is 2.20. The van der Waals surface area contributed by atoms with Crippen molar-refractivity contribution in [2.45, 2.75) is 27.2 Å². The predicted molar refractivity (Wildman–Crippen MR) is 55.4 cm³/mol. The highest BCUT2D eigenvalue weighted by atomic mass is 16.5. The molecule has 0 aliphatic carbocycles. The number of anilines is 1. The van der Waals surface area contributed by atoms with Crippen molar-refractivity contribution in [2.24, 2.45) is 5.92 Å². The normalized spacial score (nSPS) is 10.7. The third kappa shape index (κ3) is 2.97. The molecule has 15 heavy (non-hydrogen) atoms. The Labute approximate surface area is 88.6 Å². The Kier molecular flexibility index (Phi) is 3.71. The Morgan fingerprint density at radius 1 is 1.60 bits per heavy atom. The van der Waals surface area contributed by atoms with Gasteiger partial charge < -0.3 is 14.9 Å². The van der Waals surface area contributed by atoms with E-state index < -0.39 is 5.97 Å². The van der Waals surface area contributed by atoms with Crippen molar-refractivity contribution >= 4 is 12.0 Å². The van der Waals surface area contributed by atoms with E-state index in [0.717, 1.165) is 0 Å². The lowest BCUT2D eigenvalue weighted by Crippen LogP contribution is -2.08. The van der Waals surface area contributed by atoms with Crippen LogP contribution < -0.4 is 5.73 Å². The van der Waals surface area contributed by atoms with E-state index in [1.54, 1.807) is 6.92 Å². The lowest BCUT2D eigenvalue weighted by molar-refractivity contribution is 0.0489. The number of carbonyl (C=O) groups is 1. The Morgan fingerprint density at radius 3 is 2.80 bits per heavy atom. The summed E-state index contributed by atoms with van der Waals surface area (Å²) in [5, 5.41) is 0. The van der Waals surface area contributed by atoms with Crippen molar-refractivity contribution in [3.63, 3.8) is 0 Å². The standard InChI is InChI=1S/C10H16N2O3/c1-4-14-9(13)8-7(5-6(2)3)12-10(11)15-8/h6H,4-5H2,1-3H3,(H2,11,12). The van der Waals surface area contributed by atoms with Crippen LogP contribution in [-0.2, 0) is 11.2 Å². The summed E-state index contributed by atoms with van der Waals surface area (Å²) in [7, 11) is 0. The number of nitrogen functional groups attached to an aromatic ring is 1. The molecule has 0 aliphatic rings. The SMILES string of the molecule is CCOC(=O)c1oc(N)nc1CC(C)C. The topological polar surface area (TPSA) is 78.3 Å². The first-order valence-electron chi connectivity index (χ1n) is 4.96. The molecule has 0 aromatic carbocycles. The average molecular weight is 212 g/mol. The summed E-state index contributed by atoms with van der Waals surface area (Å²) in [5.74, 6) is 0.00285. The molecule has 2 N–H and O–H groups in total. The summed E-state index contributed by atoms with van der Waals surface area (Å²) in [4.78, 5) is 15.4. The quantitative estimate of drug-likeness (QED) is 0.767. The Hall–Kier alpha value is -1.52. The third-order valence-electron chi connectivity index (χ3n) is 1.78. The molecule has 0 saturated heterocycles. The van der Waals surface area contributed by atoms with Crippen LogP contribution in [0.3, 0.4) is 0 Å². The average Bonchev–Trinajstić information content (AvgIpc) is 2.46. The summed E-state index contributed by atoms with van der Waals surface area (Å²) in [5.41, 5.74) is 5.97. The third-order valence-corrected chi connectivity index (χ3v) is 1.78. The Morgan fingerprint density at radius 2 is 2.27 bits per heavy atom. The fourth-order valence-electron chi connectivity index (χ4n) is 1.25. The number of nitrogens with two attached hydrogens (primary N) is 1. The van der Waals surface area contributed by atoms with Crippen molar-refractivity contribution in [3.05, 3.63) is 11.5 Å². The molecule has 5 heteroatoms. The van der Waals surface area contributed by atoms with Crippen LogP contribution in [0.15, 0.2) is 4.42 Å².